The first-order valence-corrected chi connectivity index (χ1v) is 7.60. The van der Waals surface area contributed by atoms with E-state index in [1.165, 1.54) is 6.20 Å². The minimum absolute atomic E-state index is 0.00696. The Bertz CT molecular complexity index is 972. The second-order valence-corrected chi connectivity index (χ2v) is 5.16. The molecule has 0 bridgehead atoms. The molecule has 0 saturated heterocycles. The van der Waals surface area contributed by atoms with Crippen LogP contribution in [0, 0.1) is 11.3 Å². The Balaban J connectivity index is 1.93. The fourth-order valence-corrected chi connectivity index (χ4v) is 2.24. The van der Waals surface area contributed by atoms with Gasteiger partial charge in [-0.05, 0) is 24.3 Å². The number of para-hydroxylation sites is 2. The smallest absolute Gasteiger partial charge is 0.268 e. The van der Waals surface area contributed by atoms with Gasteiger partial charge in [0.1, 0.15) is 11.6 Å². The van der Waals surface area contributed by atoms with Crippen molar-refractivity contribution >= 4 is 23.3 Å². The summed E-state index contributed by atoms with van der Waals surface area (Å²) >= 11 is 0. The highest BCUT2D eigenvalue weighted by atomic mass is 16.1. The minimum atomic E-state index is -0.450. The van der Waals surface area contributed by atoms with E-state index in [1.807, 2.05) is 66.7 Å². The maximum absolute atomic E-state index is 11.9. The van der Waals surface area contributed by atoms with Gasteiger partial charge in [0.2, 0.25) is 0 Å². The summed E-state index contributed by atoms with van der Waals surface area (Å²) in [6, 6.07) is 20.7. The van der Waals surface area contributed by atoms with Crippen molar-refractivity contribution in [3.05, 3.63) is 88.3 Å². The van der Waals surface area contributed by atoms with Crippen LogP contribution in [0.1, 0.15) is 11.1 Å². The lowest BCUT2D eigenvalue weighted by Crippen LogP contribution is -2.14. The SMILES string of the molecule is N#Cc1c(Nc2ccccc2)c(/C=N/Nc2ccccc2)c[nH]c1=O. The summed E-state index contributed by atoms with van der Waals surface area (Å²) < 4.78 is 0. The Morgan fingerprint density at radius 1 is 1.00 bits per heavy atom. The number of rotatable bonds is 5. The summed E-state index contributed by atoms with van der Waals surface area (Å²) in [6.45, 7) is 0. The zero-order valence-corrected chi connectivity index (χ0v) is 13.2. The van der Waals surface area contributed by atoms with E-state index in [4.69, 9.17) is 0 Å². The second kappa shape index (κ2) is 7.62. The van der Waals surface area contributed by atoms with E-state index in [1.54, 1.807) is 6.21 Å². The molecule has 0 spiro atoms. The molecule has 6 nitrogen and oxygen atoms in total. The highest BCUT2D eigenvalue weighted by molar-refractivity contribution is 5.91. The van der Waals surface area contributed by atoms with Gasteiger partial charge >= 0.3 is 0 Å². The molecule has 0 aliphatic heterocycles. The van der Waals surface area contributed by atoms with Crippen molar-refractivity contribution in [3.8, 4) is 6.07 Å². The highest BCUT2D eigenvalue weighted by Crippen LogP contribution is 2.21. The number of hydrogen-bond acceptors (Lipinski definition) is 5. The lowest BCUT2D eigenvalue weighted by atomic mass is 10.1. The number of aromatic nitrogens is 1. The van der Waals surface area contributed by atoms with E-state index < -0.39 is 5.56 Å². The van der Waals surface area contributed by atoms with Gasteiger partial charge in [-0.25, -0.2) is 0 Å². The van der Waals surface area contributed by atoms with Crippen molar-refractivity contribution in [1.29, 1.82) is 5.26 Å². The van der Waals surface area contributed by atoms with Crippen LogP contribution in [0.5, 0.6) is 0 Å². The molecule has 25 heavy (non-hydrogen) atoms. The predicted octanol–water partition coefficient (Wildman–Crippen LogP) is 3.44. The molecule has 6 heteroatoms. The lowest BCUT2D eigenvalue weighted by molar-refractivity contribution is 1.20. The lowest BCUT2D eigenvalue weighted by Gasteiger charge is -2.10. The zero-order chi connectivity index (χ0) is 17.5. The number of pyridine rings is 1. The Morgan fingerprint density at radius 2 is 1.64 bits per heavy atom. The Morgan fingerprint density at radius 3 is 2.28 bits per heavy atom. The third kappa shape index (κ3) is 3.92. The van der Waals surface area contributed by atoms with E-state index in [0.717, 1.165) is 11.4 Å². The van der Waals surface area contributed by atoms with E-state index >= 15 is 0 Å². The normalized spacial score (nSPS) is 10.4. The molecule has 0 fully saturated rings. The average molecular weight is 329 g/mol. The molecule has 0 atom stereocenters. The van der Waals surface area contributed by atoms with Crippen molar-refractivity contribution in [3.63, 3.8) is 0 Å². The molecule has 0 aliphatic carbocycles. The maximum atomic E-state index is 11.9. The number of anilines is 3. The summed E-state index contributed by atoms with van der Waals surface area (Å²) in [6.07, 6.45) is 3.07. The number of nitrogens with one attached hydrogen (secondary N) is 3. The van der Waals surface area contributed by atoms with E-state index in [9.17, 15) is 10.1 Å². The molecule has 3 aromatic rings. The van der Waals surface area contributed by atoms with Crippen molar-refractivity contribution in [2.75, 3.05) is 10.7 Å². The van der Waals surface area contributed by atoms with Gasteiger partial charge in [0, 0.05) is 17.4 Å². The third-order valence-electron chi connectivity index (χ3n) is 3.45. The first-order valence-electron chi connectivity index (χ1n) is 7.60. The number of H-pyrrole nitrogens is 1. The quantitative estimate of drug-likeness (QED) is 0.494. The fourth-order valence-electron chi connectivity index (χ4n) is 2.24. The molecule has 0 radical (unpaired) electrons. The number of nitriles is 1. The second-order valence-electron chi connectivity index (χ2n) is 5.16. The Kier molecular flexibility index (Phi) is 4.88. The number of hydrazone groups is 1. The van der Waals surface area contributed by atoms with Gasteiger partial charge in [0.05, 0.1) is 17.6 Å². The molecular formula is C19H15N5O. The molecule has 3 N–H and O–H groups in total. The van der Waals surface area contributed by atoms with Gasteiger partial charge < -0.3 is 10.3 Å². The van der Waals surface area contributed by atoms with Gasteiger partial charge in [-0.1, -0.05) is 36.4 Å². The van der Waals surface area contributed by atoms with Gasteiger partial charge in [0.15, 0.2) is 0 Å². The van der Waals surface area contributed by atoms with Crippen LogP contribution in [0.25, 0.3) is 0 Å². The molecule has 3 rings (SSSR count). The van der Waals surface area contributed by atoms with Crippen molar-refractivity contribution in [2.45, 2.75) is 0 Å². The monoisotopic (exact) mass is 329 g/mol. The average Bonchev–Trinajstić information content (AvgIpc) is 2.65. The Labute approximate surface area is 144 Å². The van der Waals surface area contributed by atoms with Crippen LogP contribution < -0.4 is 16.3 Å². The molecule has 1 aromatic heterocycles. The topological polar surface area (TPSA) is 93.1 Å². The molecular weight excluding hydrogens is 314 g/mol. The summed E-state index contributed by atoms with van der Waals surface area (Å²) in [4.78, 5) is 14.5. The van der Waals surface area contributed by atoms with Gasteiger partial charge in [-0.2, -0.15) is 10.4 Å². The van der Waals surface area contributed by atoms with Crippen LogP contribution in [0.2, 0.25) is 0 Å². The Hall–Kier alpha value is -3.85. The van der Waals surface area contributed by atoms with Crippen molar-refractivity contribution < 1.29 is 0 Å². The summed E-state index contributed by atoms with van der Waals surface area (Å²) in [7, 11) is 0. The first-order chi connectivity index (χ1) is 12.3. The molecule has 0 unspecified atom stereocenters. The molecule has 122 valence electrons. The molecule has 1 heterocycles. The molecule has 2 aromatic carbocycles. The fraction of sp³-hybridized carbons (Fsp3) is 0. The zero-order valence-electron chi connectivity index (χ0n) is 13.2. The molecule has 0 amide bonds. The predicted molar refractivity (Wildman–Crippen MR) is 99.2 cm³/mol. The third-order valence-corrected chi connectivity index (χ3v) is 3.45. The summed E-state index contributed by atoms with van der Waals surface area (Å²) in [5, 5.41) is 16.6. The van der Waals surface area contributed by atoms with E-state index in [0.29, 0.717) is 11.3 Å². The van der Waals surface area contributed by atoms with Crippen LogP contribution in [0.15, 0.2) is 76.8 Å². The van der Waals surface area contributed by atoms with Crippen LogP contribution in [0.3, 0.4) is 0 Å². The number of hydrogen-bond donors (Lipinski definition) is 3. The van der Waals surface area contributed by atoms with Crippen molar-refractivity contribution in [1.82, 2.24) is 4.98 Å². The minimum Gasteiger partial charge on any atom is -0.354 e. The van der Waals surface area contributed by atoms with Crippen molar-refractivity contribution in [2.24, 2.45) is 5.10 Å². The standard InChI is InChI=1S/C19H15N5O/c20-11-17-18(23-15-7-3-1-4-8-15)14(12-21-19(17)25)13-22-24-16-9-5-2-6-10-16/h1-10,12-13,24H,(H2,21,23,25)/b22-13+. The number of aromatic amines is 1. The van der Waals surface area contributed by atoms with Crippen LogP contribution in [0.4, 0.5) is 17.1 Å². The number of nitrogens with zero attached hydrogens (tertiary/aromatic N) is 2. The maximum Gasteiger partial charge on any atom is 0.268 e. The highest BCUT2D eigenvalue weighted by Gasteiger charge is 2.11. The van der Waals surface area contributed by atoms with E-state index in [-0.39, 0.29) is 5.56 Å². The van der Waals surface area contributed by atoms with Crippen LogP contribution >= 0.6 is 0 Å². The first kappa shape index (κ1) is 16.0. The van der Waals surface area contributed by atoms with E-state index in [2.05, 4.69) is 20.8 Å². The largest absolute Gasteiger partial charge is 0.354 e. The molecule has 0 aliphatic rings. The summed E-state index contributed by atoms with van der Waals surface area (Å²) in [5.41, 5.74) is 5.07. The molecule has 0 saturated carbocycles. The van der Waals surface area contributed by atoms with Crippen LogP contribution in [-0.2, 0) is 0 Å². The van der Waals surface area contributed by atoms with Gasteiger partial charge in [0.25, 0.3) is 5.56 Å². The van der Waals surface area contributed by atoms with Crippen LogP contribution in [-0.4, -0.2) is 11.2 Å². The van der Waals surface area contributed by atoms with Gasteiger partial charge in [-0.3, -0.25) is 10.2 Å². The summed E-state index contributed by atoms with van der Waals surface area (Å²) in [5.74, 6) is 0. The number of benzene rings is 2. The van der Waals surface area contributed by atoms with Gasteiger partial charge in [-0.15, -0.1) is 0 Å².